The molecule has 0 aromatic heterocycles. The standard InChI is InChI=1S/C17H23NO3/c1-13-4-6-14(7-5-13)8-9-15(19)18-11-3-10-17(2,12-18)16(20)21/h4-7H,3,8-12H2,1-2H3,(H,20,21). The molecule has 0 bridgehead atoms. The average molecular weight is 289 g/mol. The second kappa shape index (κ2) is 6.29. The second-order valence-electron chi connectivity index (χ2n) is 6.27. The largest absolute Gasteiger partial charge is 0.481 e. The zero-order valence-electron chi connectivity index (χ0n) is 12.8. The van der Waals surface area contributed by atoms with Gasteiger partial charge in [0.25, 0.3) is 0 Å². The number of hydrogen-bond donors (Lipinski definition) is 1. The van der Waals surface area contributed by atoms with Gasteiger partial charge in [0.15, 0.2) is 0 Å². The van der Waals surface area contributed by atoms with Crippen LogP contribution in [0.25, 0.3) is 0 Å². The Morgan fingerprint density at radius 1 is 1.29 bits per heavy atom. The molecular weight excluding hydrogens is 266 g/mol. The van der Waals surface area contributed by atoms with Gasteiger partial charge in [0.05, 0.1) is 5.41 Å². The Morgan fingerprint density at radius 3 is 2.57 bits per heavy atom. The zero-order valence-corrected chi connectivity index (χ0v) is 12.8. The predicted octanol–water partition coefficient (Wildman–Crippen LogP) is 2.64. The second-order valence-corrected chi connectivity index (χ2v) is 6.27. The van der Waals surface area contributed by atoms with Crippen LogP contribution in [0.5, 0.6) is 0 Å². The zero-order chi connectivity index (χ0) is 15.5. The average Bonchev–Trinajstić information content (AvgIpc) is 2.46. The maximum atomic E-state index is 12.3. The number of likely N-dealkylation sites (tertiary alicyclic amines) is 1. The number of hydrogen-bond acceptors (Lipinski definition) is 2. The Balaban J connectivity index is 1.91. The molecule has 1 fully saturated rings. The smallest absolute Gasteiger partial charge is 0.311 e. The summed E-state index contributed by atoms with van der Waals surface area (Å²) in [5, 5.41) is 9.29. The van der Waals surface area contributed by atoms with Crippen LogP contribution in [-0.4, -0.2) is 35.0 Å². The van der Waals surface area contributed by atoms with Crippen LogP contribution in [0.3, 0.4) is 0 Å². The SMILES string of the molecule is Cc1ccc(CCC(=O)N2CCCC(C)(C(=O)O)C2)cc1. The summed E-state index contributed by atoms with van der Waals surface area (Å²) in [7, 11) is 0. The summed E-state index contributed by atoms with van der Waals surface area (Å²) in [5.74, 6) is -0.749. The highest BCUT2D eigenvalue weighted by molar-refractivity contribution is 5.79. The molecule has 0 saturated carbocycles. The maximum absolute atomic E-state index is 12.3. The summed E-state index contributed by atoms with van der Waals surface area (Å²) in [5.41, 5.74) is 1.56. The van der Waals surface area contributed by atoms with E-state index < -0.39 is 11.4 Å². The third-order valence-corrected chi connectivity index (χ3v) is 4.31. The van der Waals surface area contributed by atoms with E-state index in [1.807, 2.05) is 31.2 Å². The first kappa shape index (κ1) is 15.5. The lowest BCUT2D eigenvalue weighted by Crippen LogP contribution is -2.48. The summed E-state index contributed by atoms with van der Waals surface area (Å²) < 4.78 is 0. The molecule has 1 aliphatic rings. The Kier molecular flexibility index (Phi) is 4.66. The number of amides is 1. The summed E-state index contributed by atoms with van der Waals surface area (Å²) in [6.07, 6.45) is 2.56. The van der Waals surface area contributed by atoms with Crippen molar-refractivity contribution in [1.29, 1.82) is 0 Å². The molecule has 4 nitrogen and oxygen atoms in total. The van der Waals surface area contributed by atoms with E-state index in [-0.39, 0.29) is 5.91 Å². The van der Waals surface area contributed by atoms with Crippen LogP contribution in [0, 0.1) is 12.3 Å². The maximum Gasteiger partial charge on any atom is 0.311 e. The van der Waals surface area contributed by atoms with E-state index in [0.717, 1.165) is 12.0 Å². The van der Waals surface area contributed by atoms with Crippen molar-refractivity contribution < 1.29 is 14.7 Å². The normalized spacial score (nSPS) is 22.1. The first-order valence-corrected chi connectivity index (χ1v) is 7.47. The number of nitrogens with zero attached hydrogens (tertiary/aromatic N) is 1. The highest BCUT2D eigenvalue weighted by Crippen LogP contribution is 2.30. The van der Waals surface area contributed by atoms with Crippen LogP contribution in [0.4, 0.5) is 0 Å². The third kappa shape index (κ3) is 3.84. The fourth-order valence-corrected chi connectivity index (χ4v) is 2.79. The summed E-state index contributed by atoms with van der Waals surface area (Å²) in [4.78, 5) is 25.3. The molecule has 114 valence electrons. The molecule has 21 heavy (non-hydrogen) atoms. The first-order chi connectivity index (χ1) is 9.90. The summed E-state index contributed by atoms with van der Waals surface area (Å²) in [6.45, 7) is 4.77. The van der Waals surface area contributed by atoms with Crippen molar-refractivity contribution in [2.75, 3.05) is 13.1 Å². The van der Waals surface area contributed by atoms with Gasteiger partial charge >= 0.3 is 5.97 Å². The molecular formula is C17H23NO3. The lowest BCUT2D eigenvalue weighted by Gasteiger charge is -2.37. The Bertz CT molecular complexity index is 523. The van der Waals surface area contributed by atoms with Crippen molar-refractivity contribution in [2.24, 2.45) is 5.41 Å². The van der Waals surface area contributed by atoms with Gasteiger partial charge in [-0.3, -0.25) is 9.59 Å². The Morgan fingerprint density at radius 2 is 1.95 bits per heavy atom. The third-order valence-electron chi connectivity index (χ3n) is 4.31. The highest BCUT2D eigenvalue weighted by atomic mass is 16.4. The van der Waals surface area contributed by atoms with Crippen LogP contribution in [0.2, 0.25) is 0 Å². The molecule has 1 aromatic carbocycles. The van der Waals surface area contributed by atoms with Gasteiger partial charge in [-0.1, -0.05) is 29.8 Å². The number of carbonyl (C=O) groups is 2. The molecule has 4 heteroatoms. The van der Waals surface area contributed by atoms with E-state index in [2.05, 4.69) is 0 Å². The van der Waals surface area contributed by atoms with Crippen LogP contribution >= 0.6 is 0 Å². The number of carboxylic acids is 1. The quantitative estimate of drug-likeness (QED) is 0.927. The van der Waals surface area contributed by atoms with E-state index in [4.69, 9.17) is 0 Å². The fourth-order valence-electron chi connectivity index (χ4n) is 2.79. The number of aliphatic carboxylic acids is 1. The molecule has 1 amide bonds. The van der Waals surface area contributed by atoms with Gasteiger partial charge in [-0.05, 0) is 38.7 Å². The van der Waals surface area contributed by atoms with Crippen LogP contribution < -0.4 is 0 Å². The topological polar surface area (TPSA) is 57.6 Å². The summed E-state index contributed by atoms with van der Waals surface area (Å²) >= 11 is 0. The first-order valence-electron chi connectivity index (χ1n) is 7.47. The van der Waals surface area contributed by atoms with E-state index in [9.17, 15) is 14.7 Å². The number of benzene rings is 1. The van der Waals surface area contributed by atoms with Gasteiger partial charge in [0.1, 0.15) is 0 Å². The minimum Gasteiger partial charge on any atom is -0.481 e. The van der Waals surface area contributed by atoms with E-state index in [1.54, 1.807) is 11.8 Å². The monoisotopic (exact) mass is 289 g/mol. The van der Waals surface area contributed by atoms with Crippen LogP contribution in [0.1, 0.15) is 37.3 Å². The molecule has 1 atom stereocenters. The number of piperidine rings is 1. The van der Waals surface area contributed by atoms with Gasteiger partial charge in [-0.15, -0.1) is 0 Å². The van der Waals surface area contributed by atoms with Gasteiger partial charge in [-0.2, -0.15) is 0 Å². The predicted molar refractivity (Wildman–Crippen MR) is 81.1 cm³/mol. The minimum absolute atomic E-state index is 0.0581. The molecule has 1 aromatic rings. The van der Waals surface area contributed by atoms with Gasteiger partial charge in [-0.25, -0.2) is 0 Å². The number of rotatable bonds is 4. The van der Waals surface area contributed by atoms with Crippen molar-refractivity contribution >= 4 is 11.9 Å². The molecule has 1 aliphatic heterocycles. The van der Waals surface area contributed by atoms with Crippen LogP contribution in [-0.2, 0) is 16.0 Å². The highest BCUT2D eigenvalue weighted by Gasteiger charge is 2.39. The lowest BCUT2D eigenvalue weighted by atomic mass is 9.82. The summed E-state index contributed by atoms with van der Waals surface area (Å²) in [6, 6.07) is 8.17. The van der Waals surface area contributed by atoms with Crippen molar-refractivity contribution in [2.45, 2.75) is 39.5 Å². The molecule has 1 N–H and O–H groups in total. The number of carbonyl (C=O) groups excluding carboxylic acids is 1. The number of carboxylic acid groups (broad SMARTS) is 1. The minimum atomic E-state index is -0.807. The Labute approximate surface area is 125 Å². The molecule has 1 unspecified atom stereocenters. The molecule has 0 aliphatic carbocycles. The van der Waals surface area contributed by atoms with Crippen molar-refractivity contribution in [1.82, 2.24) is 4.90 Å². The molecule has 2 rings (SSSR count). The van der Waals surface area contributed by atoms with E-state index >= 15 is 0 Å². The van der Waals surface area contributed by atoms with Gasteiger partial charge in [0, 0.05) is 19.5 Å². The van der Waals surface area contributed by atoms with Crippen molar-refractivity contribution in [3.63, 3.8) is 0 Å². The van der Waals surface area contributed by atoms with Gasteiger partial charge < -0.3 is 10.0 Å². The molecule has 1 heterocycles. The number of aryl methyl sites for hydroxylation is 2. The molecule has 0 radical (unpaired) electrons. The van der Waals surface area contributed by atoms with Gasteiger partial charge in [0.2, 0.25) is 5.91 Å². The molecule has 0 spiro atoms. The molecule has 1 saturated heterocycles. The van der Waals surface area contributed by atoms with E-state index in [1.165, 1.54) is 5.56 Å². The Hall–Kier alpha value is -1.84. The lowest BCUT2D eigenvalue weighted by molar-refractivity contribution is -0.153. The van der Waals surface area contributed by atoms with Crippen molar-refractivity contribution in [3.05, 3.63) is 35.4 Å². The van der Waals surface area contributed by atoms with E-state index in [0.29, 0.717) is 32.4 Å². The fraction of sp³-hybridized carbons (Fsp3) is 0.529. The van der Waals surface area contributed by atoms with Crippen LogP contribution in [0.15, 0.2) is 24.3 Å². The van der Waals surface area contributed by atoms with Crippen molar-refractivity contribution in [3.8, 4) is 0 Å².